The van der Waals surface area contributed by atoms with Crippen LogP contribution >= 0.6 is 0 Å². The standard InChI is InChI=1S/C19H23F3N4O5S/c1-18(13-2-3-13)16(27)26(17(28)23-18)12-24-8-10-25(11-9-24)32(29,30)15-6-4-14(5-7-15)31-19(20,21)22/h4-7,13H,2-3,8-12H2,1H3,(H,23,28). The number of rotatable bonds is 6. The first kappa shape index (κ1) is 22.8. The molecule has 32 heavy (non-hydrogen) atoms. The maximum Gasteiger partial charge on any atom is 0.573 e. The molecule has 1 unspecified atom stereocenters. The maximum absolute atomic E-state index is 12.8. The van der Waals surface area contributed by atoms with Crippen molar-refractivity contribution in [3.05, 3.63) is 24.3 Å². The Morgan fingerprint density at radius 3 is 2.22 bits per heavy atom. The summed E-state index contributed by atoms with van der Waals surface area (Å²) in [5.74, 6) is -0.617. The number of benzene rings is 1. The number of carbonyl (C=O) groups excluding carboxylic acids is 2. The highest BCUT2D eigenvalue weighted by Crippen LogP contribution is 2.42. The van der Waals surface area contributed by atoms with E-state index in [1.54, 1.807) is 6.92 Å². The molecule has 13 heteroatoms. The number of piperazine rings is 1. The number of carbonyl (C=O) groups is 2. The fourth-order valence-electron chi connectivity index (χ4n) is 4.06. The molecule has 1 aromatic carbocycles. The molecular formula is C19H23F3N4O5S. The lowest BCUT2D eigenvalue weighted by molar-refractivity contribution is -0.274. The van der Waals surface area contributed by atoms with Crippen molar-refractivity contribution in [2.24, 2.45) is 5.92 Å². The zero-order valence-corrected chi connectivity index (χ0v) is 18.1. The lowest BCUT2D eigenvalue weighted by atomic mass is 9.96. The summed E-state index contributed by atoms with van der Waals surface area (Å²) in [5, 5.41) is 2.78. The van der Waals surface area contributed by atoms with E-state index in [1.165, 1.54) is 9.21 Å². The van der Waals surface area contributed by atoms with Crippen molar-refractivity contribution >= 4 is 22.0 Å². The van der Waals surface area contributed by atoms with Gasteiger partial charge in [0, 0.05) is 26.2 Å². The van der Waals surface area contributed by atoms with Crippen LogP contribution in [0.25, 0.3) is 0 Å². The predicted molar refractivity (Wildman–Crippen MR) is 105 cm³/mol. The number of ether oxygens (including phenoxy) is 1. The smallest absolute Gasteiger partial charge is 0.406 e. The first-order chi connectivity index (χ1) is 14.9. The second-order valence-corrected chi connectivity index (χ2v) is 10.3. The van der Waals surface area contributed by atoms with Gasteiger partial charge >= 0.3 is 12.4 Å². The molecule has 2 aliphatic heterocycles. The second kappa shape index (κ2) is 7.89. The molecule has 3 fully saturated rings. The van der Waals surface area contributed by atoms with E-state index < -0.39 is 33.7 Å². The Kier molecular flexibility index (Phi) is 5.62. The van der Waals surface area contributed by atoms with E-state index in [0.717, 1.165) is 37.1 Å². The van der Waals surface area contributed by atoms with Crippen molar-refractivity contribution in [3.63, 3.8) is 0 Å². The lowest BCUT2D eigenvalue weighted by Crippen LogP contribution is -2.53. The van der Waals surface area contributed by atoms with E-state index in [9.17, 15) is 31.2 Å². The summed E-state index contributed by atoms with van der Waals surface area (Å²) < 4.78 is 67.5. The SMILES string of the molecule is CC1(C2CC2)NC(=O)N(CN2CCN(S(=O)(=O)c3ccc(OC(F)(F)F)cc3)CC2)C1=O. The molecule has 4 rings (SSSR count). The third kappa shape index (κ3) is 4.41. The fourth-order valence-corrected chi connectivity index (χ4v) is 5.48. The molecule has 2 saturated heterocycles. The summed E-state index contributed by atoms with van der Waals surface area (Å²) in [5.41, 5.74) is -0.871. The van der Waals surface area contributed by atoms with Gasteiger partial charge in [0.1, 0.15) is 11.3 Å². The molecule has 2 heterocycles. The summed E-state index contributed by atoms with van der Waals surface area (Å²) in [6.45, 7) is 2.64. The molecule has 176 valence electrons. The number of hydrogen-bond acceptors (Lipinski definition) is 6. The van der Waals surface area contributed by atoms with Crippen LogP contribution in [-0.2, 0) is 14.8 Å². The van der Waals surface area contributed by atoms with Crippen LogP contribution < -0.4 is 10.1 Å². The predicted octanol–water partition coefficient (Wildman–Crippen LogP) is 1.57. The lowest BCUT2D eigenvalue weighted by Gasteiger charge is -2.35. The summed E-state index contributed by atoms with van der Waals surface area (Å²) in [6.07, 6.45) is -3.06. The zero-order valence-electron chi connectivity index (χ0n) is 17.3. The van der Waals surface area contributed by atoms with E-state index in [0.29, 0.717) is 13.1 Å². The van der Waals surface area contributed by atoms with E-state index in [2.05, 4.69) is 10.1 Å². The molecule has 9 nitrogen and oxygen atoms in total. The number of hydrogen-bond donors (Lipinski definition) is 1. The average molecular weight is 476 g/mol. The Bertz CT molecular complexity index is 1000. The van der Waals surface area contributed by atoms with Gasteiger partial charge in [0.25, 0.3) is 5.91 Å². The molecule has 1 aliphatic carbocycles. The summed E-state index contributed by atoms with van der Waals surface area (Å²) in [6, 6.07) is 3.58. The minimum absolute atomic E-state index is 0.0738. The van der Waals surface area contributed by atoms with Gasteiger partial charge in [-0.25, -0.2) is 18.1 Å². The monoisotopic (exact) mass is 476 g/mol. The highest BCUT2D eigenvalue weighted by molar-refractivity contribution is 7.89. The highest BCUT2D eigenvalue weighted by Gasteiger charge is 2.56. The molecule has 0 spiro atoms. The van der Waals surface area contributed by atoms with Gasteiger partial charge < -0.3 is 10.1 Å². The molecule has 1 atom stereocenters. The Morgan fingerprint density at radius 1 is 1.09 bits per heavy atom. The van der Waals surface area contributed by atoms with Crippen molar-refractivity contribution in [2.45, 2.75) is 36.6 Å². The van der Waals surface area contributed by atoms with Gasteiger partial charge in [0.2, 0.25) is 10.0 Å². The molecule has 3 amide bonds. The maximum atomic E-state index is 12.8. The van der Waals surface area contributed by atoms with Crippen LogP contribution in [0.1, 0.15) is 19.8 Å². The van der Waals surface area contributed by atoms with E-state index in [-0.39, 0.29) is 36.5 Å². The number of nitrogens with zero attached hydrogens (tertiary/aromatic N) is 3. The van der Waals surface area contributed by atoms with Crippen LogP contribution in [0.3, 0.4) is 0 Å². The van der Waals surface area contributed by atoms with Gasteiger partial charge in [0.15, 0.2) is 0 Å². The van der Waals surface area contributed by atoms with E-state index in [1.807, 2.05) is 4.90 Å². The number of halogens is 3. The van der Waals surface area contributed by atoms with Crippen LogP contribution in [0, 0.1) is 5.92 Å². The first-order valence-corrected chi connectivity index (χ1v) is 11.6. The first-order valence-electron chi connectivity index (χ1n) is 10.1. The summed E-state index contributed by atoms with van der Waals surface area (Å²) in [7, 11) is -3.91. The topological polar surface area (TPSA) is 99.3 Å². The van der Waals surface area contributed by atoms with Crippen molar-refractivity contribution in [2.75, 3.05) is 32.8 Å². The van der Waals surface area contributed by atoms with Crippen LogP contribution in [0.5, 0.6) is 5.75 Å². The third-order valence-corrected chi connectivity index (χ3v) is 7.98. The van der Waals surface area contributed by atoms with Gasteiger partial charge in [-0.05, 0) is 49.9 Å². The molecule has 1 saturated carbocycles. The molecular weight excluding hydrogens is 453 g/mol. The third-order valence-electron chi connectivity index (χ3n) is 6.06. The average Bonchev–Trinajstić information content (AvgIpc) is 3.54. The minimum Gasteiger partial charge on any atom is -0.406 e. The van der Waals surface area contributed by atoms with Crippen molar-refractivity contribution in [3.8, 4) is 5.75 Å². The number of amides is 3. The van der Waals surface area contributed by atoms with Gasteiger partial charge in [-0.2, -0.15) is 4.31 Å². The number of sulfonamides is 1. The number of nitrogens with one attached hydrogen (secondary N) is 1. The van der Waals surface area contributed by atoms with E-state index >= 15 is 0 Å². The molecule has 3 aliphatic rings. The normalized spacial score (nSPS) is 25.8. The molecule has 0 bridgehead atoms. The highest BCUT2D eigenvalue weighted by atomic mass is 32.2. The van der Waals surface area contributed by atoms with Crippen LogP contribution in [-0.4, -0.2) is 79.2 Å². The van der Waals surface area contributed by atoms with Crippen molar-refractivity contribution < 1.29 is 35.9 Å². The van der Waals surface area contributed by atoms with Crippen LogP contribution in [0.2, 0.25) is 0 Å². The molecule has 0 aromatic heterocycles. The van der Waals surface area contributed by atoms with Crippen LogP contribution in [0.15, 0.2) is 29.2 Å². The Hall–Kier alpha value is -2.38. The van der Waals surface area contributed by atoms with Gasteiger partial charge in [-0.1, -0.05) is 0 Å². The number of imide groups is 1. The van der Waals surface area contributed by atoms with E-state index in [4.69, 9.17) is 0 Å². The van der Waals surface area contributed by atoms with Gasteiger partial charge in [0.05, 0.1) is 11.6 Å². The quantitative estimate of drug-likeness (QED) is 0.626. The largest absolute Gasteiger partial charge is 0.573 e. The summed E-state index contributed by atoms with van der Waals surface area (Å²) >= 11 is 0. The number of alkyl halides is 3. The van der Waals surface area contributed by atoms with Crippen molar-refractivity contribution in [1.29, 1.82) is 0 Å². The Morgan fingerprint density at radius 2 is 1.69 bits per heavy atom. The Labute approximate surface area is 183 Å². The van der Waals surface area contributed by atoms with Crippen molar-refractivity contribution in [1.82, 2.24) is 19.4 Å². The Balaban J connectivity index is 1.35. The molecule has 1 N–H and O–H groups in total. The number of urea groups is 1. The van der Waals surface area contributed by atoms with Gasteiger partial charge in [-0.15, -0.1) is 13.2 Å². The van der Waals surface area contributed by atoms with Gasteiger partial charge in [-0.3, -0.25) is 9.69 Å². The summed E-state index contributed by atoms with van der Waals surface area (Å²) in [4.78, 5) is 27.9. The zero-order chi connectivity index (χ0) is 23.3. The second-order valence-electron chi connectivity index (χ2n) is 8.32. The molecule has 1 aromatic rings. The fraction of sp³-hybridized carbons (Fsp3) is 0.579. The minimum atomic E-state index is -4.86. The van der Waals surface area contributed by atoms with Crippen LogP contribution in [0.4, 0.5) is 18.0 Å². The molecule has 0 radical (unpaired) electrons.